The van der Waals surface area contributed by atoms with Crippen LogP contribution in [-0.4, -0.2) is 36.1 Å². The van der Waals surface area contributed by atoms with Gasteiger partial charge < -0.3 is 14.8 Å². The second kappa shape index (κ2) is 9.62. The Balaban J connectivity index is 1.65. The molecule has 0 atom stereocenters. The highest BCUT2D eigenvalue weighted by Crippen LogP contribution is 2.32. The number of methoxy groups -OCH3 is 2. The molecule has 29 heavy (non-hydrogen) atoms. The normalized spacial score (nSPS) is 10.5. The number of carbonyl (C=O) groups excluding carboxylic acids is 1. The number of thioether (sulfide) groups is 1. The Labute approximate surface area is 178 Å². The molecule has 1 heterocycles. The van der Waals surface area contributed by atoms with Gasteiger partial charge in [-0.25, -0.2) is 0 Å². The predicted octanol–water partition coefficient (Wildman–Crippen LogP) is 4.85. The van der Waals surface area contributed by atoms with Gasteiger partial charge in [-0.15, -0.1) is 10.2 Å². The molecule has 1 amide bonds. The van der Waals surface area contributed by atoms with E-state index in [9.17, 15) is 4.79 Å². The van der Waals surface area contributed by atoms with Gasteiger partial charge in [0.1, 0.15) is 16.5 Å². The van der Waals surface area contributed by atoms with Gasteiger partial charge in [-0.05, 0) is 55.0 Å². The zero-order valence-electron chi connectivity index (χ0n) is 16.2. The monoisotopic (exact) mass is 429 g/mol. The van der Waals surface area contributed by atoms with Gasteiger partial charge in [-0.3, -0.25) is 4.79 Å². The van der Waals surface area contributed by atoms with E-state index in [4.69, 9.17) is 21.1 Å². The number of aromatic nitrogens is 2. The zero-order valence-corrected chi connectivity index (χ0v) is 17.8. The van der Waals surface area contributed by atoms with Crippen molar-refractivity contribution in [2.75, 3.05) is 25.3 Å². The number of hydrogen-bond acceptors (Lipinski definition) is 6. The number of halogens is 1. The van der Waals surface area contributed by atoms with Crippen LogP contribution in [0.2, 0.25) is 5.02 Å². The van der Waals surface area contributed by atoms with Crippen LogP contribution in [-0.2, 0) is 4.79 Å². The first-order valence-electron chi connectivity index (χ1n) is 8.75. The molecule has 0 aliphatic carbocycles. The van der Waals surface area contributed by atoms with Gasteiger partial charge in [-0.1, -0.05) is 29.4 Å². The summed E-state index contributed by atoms with van der Waals surface area (Å²) in [6, 6.07) is 14.6. The van der Waals surface area contributed by atoms with E-state index in [1.165, 1.54) is 11.8 Å². The lowest BCUT2D eigenvalue weighted by Gasteiger charge is -2.10. The highest BCUT2D eigenvalue weighted by molar-refractivity contribution is 7.99. The van der Waals surface area contributed by atoms with Crippen molar-refractivity contribution < 1.29 is 14.3 Å². The summed E-state index contributed by atoms with van der Waals surface area (Å²) in [7, 11) is 3.20. The first kappa shape index (κ1) is 21.0. The minimum absolute atomic E-state index is 0.138. The molecule has 1 aromatic heterocycles. The van der Waals surface area contributed by atoms with Crippen LogP contribution < -0.4 is 14.8 Å². The molecule has 0 bridgehead atoms. The molecule has 1 N–H and O–H groups in total. The van der Waals surface area contributed by atoms with Gasteiger partial charge in [0.2, 0.25) is 5.91 Å². The molecule has 0 spiro atoms. The SMILES string of the molecule is COc1ccc(OC)c(-c2ccc(SCC(=O)Nc3cccc(Cl)c3C)nn2)c1. The molecule has 150 valence electrons. The Morgan fingerprint density at radius 1 is 1.10 bits per heavy atom. The van der Waals surface area contributed by atoms with Crippen molar-refractivity contribution in [1.29, 1.82) is 0 Å². The van der Waals surface area contributed by atoms with Crippen molar-refractivity contribution in [2.24, 2.45) is 0 Å². The first-order chi connectivity index (χ1) is 14.0. The lowest BCUT2D eigenvalue weighted by molar-refractivity contribution is -0.113. The van der Waals surface area contributed by atoms with E-state index in [0.29, 0.717) is 32.9 Å². The van der Waals surface area contributed by atoms with E-state index < -0.39 is 0 Å². The number of nitrogens with zero attached hydrogens (tertiary/aromatic N) is 2. The van der Waals surface area contributed by atoms with Gasteiger partial charge in [-0.2, -0.15) is 0 Å². The number of carbonyl (C=O) groups is 1. The van der Waals surface area contributed by atoms with Crippen molar-refractivity contribution in [3.8, 4) is 22.8 Å². The van der Waals surface area contributed by atoms with Crippen LogP contribution in [0.1, 0.15) is 5.56 Å². The summed E-state index contributed by atoms with van der Waals surface area (Å²) in [6.07, 6.45) is 0. The Morgan fingerprint density at radius 3 is 2.62 bits per heavy atom. The second-order valence-corrected chi connectivity index (χ2v) is 7.48. The van der Waals surface area contributed by atoms with E-state index in [1.54, 1.807) is 26.4 Å². The number of benzene rings is 2. The fourth-order valence-electron chi connectivity index (χ4n) is 2.62. The standard InChI is InChI=1S/C21H20ClN3O3S/c1-13-16(22)5-4-6-17(13)23-20(26)12-29-21-10-8-18(24-25-21)15-11-14(27-2)7-9-19(15)28-3/h4-11H,12H2,1-3H3,(H,23,26). The number of nitrogens with one attached hydrogen (secondary N) is 1. The largest absolute Gasteiger partial charge is 0.497 e. The lowest BCUT2D eigenvalue weighted by atomic mass is 10.1. The third-order valence-corrected chi connectivity index (χ3v) is 5.55. The number of ether oxygens (including phenoxy) is 2. The fraction of sp³-hybridized carbons (Fsp3) is 0.190. The molecule has 3 rings (SSSR count). The molecule has 0 unspecified atom stereocenters. The van der Waals surface area contributed by atoms with Gasteiger partial charge in [0.05, 0.1) is 25.7 Å². The van der Waals surface area contributed by atoms with Gasteiger partial charge in [0.25, 0.3) is 0 Å². The molecule has 0 aliphatic rings. The molecule has 3 aromatic rings. The zero-order chi connectivity index (χ0) is 20.8. The van der Waals surface area contributed by atoms with Gasteiger partial charge >= 0.3 is 0 Å². The van der Waals surface area contributed by atoms with Crippen molar-refractivity contribution in [2.45, 2.75) is 11.9 Å². The molecule has 8 heteroatoms. The quantitative estimate of drug-likeness (QED) is 0.541. The van der Waals surface area contributed by atoms with Gasteiger partial charge in [0, 0.05) is 16.3 Å². The van der Waals surface area contributed by atoms with Crippen LogP contribution >= 0.6 is 23.4 Å². The highest BCUT2D eigenvalue weighted by Gasteiger charge is 2.11. The van der Waals surface area contributed by atoms with E-state index in [-0.39, 0.29) is 11.7 Å². The molecule has 0 aliphatic heterocycles. The first-order valence-corrected chi connectivity index (χ1v) is 10.1. The summed E-state index contributed by atoms with van der Waals surface area (Å²) in [4.78, 5) is 12.2. The minimum Gasteiger partial charge on any atom is -0.497 e. The van der Waals surface area contributed by atoms with E-state index in [1.807, 2.05) is 43.3 Å². The van der Waals surface area contributed by atoms with Crippen molar-refractivity contribution in [3.05, 3.63) is 59.1 Å². The van der Waals surface area contributed by atoms with Gasteiger partial charge in [0.15, 0.2) is 0 Å². The third kappa shape index (κ3) is 5.19. The number of rotatable bonds is 7. The summed E-state index contributed by atoms with van der Waals surface area (Å²) in [6.45, 7) is 1.86. The Morgan fingerprint density at radius 2 is 1.93 bits per heavy atom. The maximum absolute atomic E-state index is 12.2. The summed E-state index contributed by atoms with van der Waals surface area (Å²) in [5, 5.41) is 12.6. The highest BCUT2D eigenvalue weighted by atomic mass is 35.5. The number of amides is 1. The maximum Gasteiger partial charge on any atom is 0.234 e. The molecule has 0 radical (unpaired) electrons. The molecule has 0 fully saturated rings. The molecule has 0 saturated heterocycles. The van der Waals surface area contributed by atoms with Crippen molar-refractivity contribution in [1.82, 2.24) is 10.2 Å². The van der Waals surface area contributed by atoms with Crippen LogP contribution in [0.25, 0.3) is 11.3 Å². The third-order valence-electron chi connectivity index (χ3n) is 4.22. The average Bonchev–Trinajstić information content (AvgIpc) is 2.75. The summed E-state index contributed by atoms with van der Waals surface area (Å²) >= 11 is 7.39. The average molecular weight is 430 g/mol. The van der Waals surface area contributed by atoms with Crippen LogP contribution in [0, 0.1) is 6.92 Å². The Kier molecular flexibility index (Phi) is 6.95. The molecule has 2 aromatic carbocycles. The Hall–Kier alpha value is -2.77. The van der Waals surface area contributed by atoms with Crippen LogP contribution in [0.15, 0.2) is 53.6 Å². The van der Waals surface area contributed by atoms with Crippen LogP contribution in [0.3, 0.4) is 0 Å². The van der Waals surface area contributed by atoms with Crippen LogP contribution in [0.4, 0.5) is 5.69 Å². The smallest absolute Gasteiger partial charge is 0.234 e. The summed E-state index contributed by atoms with van der Waals surface area (Å²) < 4.78 is 10.7. The second-order valence-electron chi connectivity index (χ2n) is 6.07. The molecular formula is C21H20ClN3O3S. The topological polar surface area (TPSA) is 73.3 Å². The van der Waals surface area contributed by atoms with E-state index >= 15 is 0 Å². The molecule has 6 nitrogen and oxygen atoms in total. The predicted molar refractivity (Wildman–Crippen MR) is 116 cm³/mol. The van der Waals surface area contributed by atoms with Crippen molar-refractivity contribution in [3.63, 3.8) is 0 Å². The maximum atomic E-state index is 12.2. The summed E-state index contributed by atoms with van der Waals surface area (Å²) in [5.41, 5.74) is 2.98. The number of anilines is 1. The minimum atomic E-state index is -0.138. The lowest BCUT2D eigenvalue weighted by Crippen LogP contribution is -2.15. The fourth-order valence-corrected chi connectivity index (χ4v) is 3.41. The Bertz CT molecular complexity index is 1010. The van der Waals surface area contributed by atoms with Crippen molar-refractivity contribution >= 4 is 35.0 Å². The van der Waals surface area contributed by atoms with E-state index in [0.717, 1.165) is 11.1 Å². The molecule has 0 saturated carbocycles. The summed E-state index contributed by atoms with van der Waals surface area (Å²) in [5.74, 6) is 1.45. The number of hydrogen-bond donors (Lipinski definition) is 1. The van der Waals surface area contributed by atoms with Crippen LogP contribution in [0.5, 0.6) is 11.5 Å². The van der Waals surface area contributed by atoms with E-state index in [2.05, 4.69) is 15.5 Å². The molecular weight excluding hydrogens is 410 g/mol.